The van der Waals surface area contributed by atoms with Crippen LogP contribution in [0.1, 0.15) is 85.1 Å². The van der Waals surface area contributed by atoms with Gasteiger partial charge in [0.1, 0.15) is 6.10 Å². The highest BCUT2D eigenvalue weighted by molar-refractivity contribution is 7.89. The second-order valence-corrected chi connectivity index (χ2v) is 14.1. The van der Waals surface area contributed by atoms with Gasteiger partial charge in [0, 0.05) is 34.9 Å². The lowest BCUT2D eigenvalue weighted by atomic mass is 9.88. The van der Waals surface area contributed by atoms with Gasteiger partial charge in [0.2, 0.25) is 10.0 Å². The fourth-order valence-corrected chi connectivity index (χ4v) is 7.15. The highest BCUT2D eigenvalue weighted by atomic mass is 32.2. The van der Waals surface area contributed by atoms with Gasteiger partial charge in [0.15, 0.2) is 0 Å². The molecule has 0 radical (unpaired) electrons. The molecule has 0 saturated heterocycles. The van der Waals surface area contributed by atoms with Crippen molar-refractivity contribution in [1.82, 2.24) is 15.0 Å². The molecule has 0 aliphatic heterocycles. The topological polar surface area (TPSA) is 136 Å². The molecule has 1 aromatic carbocycles. The molecule has 3 rings (SSSR count). The first-order chi connectivity index (χ1) is 18.1. The predicted octanol–water partition coefficient (Wildman–Crippen LogP) is 6.00. The first kappa shape index (κ1) is 30.8. The molecule has 2 amide bonds. The number of aromatic nitrogens is 1. The van der Waals surface area contributed by atoms with Gasteiger partial charge in [0.25, 0.3) is 0 Å². The Hall–Kier alpha value is -2.70. The summed E-state index contributed by atoms with van der Waals surface area (Å²) in [5.74, 6) is 0.205. The molecule has 0 bridgehead atoms. The van der Waals surface area contributed by atoms with Gasteiger partial charge in [-0.05, 0) is 86.3 Å². The Bertz CT molecular complexity index is 1260. The Kier molecular flexibility index (Phi) is 10.0. The molecule has 1 saturated carbocycles. The van der Waals surface area contributed by atoms with E-state index in [4.69, 9.17) is 9.47 Å². The number of carbonyl (C=O) groups is 2. The molecular weight excluding hydrogens is 540 g/mol. The third-order valence-electron chi connectivity index (χ3n) is 5.79. The van der Waals surface area contributed by atoms with Gasteiger partial charge in [-0.2, -0.15) is 0 Å². The summed E-state index contributed by atoms with van der Waals surface area (Å²) in [5, 5.41) is 6.28. The SMILES string of the molecule is CC(C)NC(=O)O[C@H]1CC[C@H](c2ncc(-c3ccc(NC(=O)OC(C)C)cc3S(=O)(=O)NC(C)(C)C)s2)CC1. The van der Waals surface area contributed by atoms with Crippen LogP contribution in [-0.4, -0.2) is 49.4 Å². The number of rotatable bonds is 8. The van der Waals surface area contributed by atoms with Crippen LogP contribution in [0.25, 0.3) is 10.4 Å². The van der Waals surface area contributed by atoms with E-state index in [0.29, 0.717) is 16.1 Å². The van der Waals surface area contributed by atoms with E-state index in [9.17, 15) is 18.0 Å². The summed E-state index contributed by atoms with van der Waals surface area (Å²) in [6.45, 7) is 12.5. The number of hydrogen-bond acceptors (Lipinski definition) is 8. The first-order valence-corrected chi connectivity index (χ1v) is 15.5. The summed E-state index contributed by atoms with van der Waals surface area (Å²) < 4.78 is 40.3. The first-order valence-electron chi connectivity index (χ1n) is 13.2. The van der Waals surface area contributed by atoms with Crippen molar-refractivity contribution in [3.63, 3.8) is 0 Å². The molecule has 10 nitrogen and oxygen atoms in total. The van der Waals surface area contributed by atoms with Crippen molar-refractivity contribution in [2.75, 3.05) is 5.32 Å². The van der Waals surface area contributed by atoms with Crippen molar-refractivity contribution >= 4 is 39.2 Å². The normalized spacial score (nSPS) is 18.2. The minimum Gasteiger partial charge on any atom is -0.447 e. The van der Waals surface area contributed by atoms with Gasteiger partial charge >= 0.3 is 12.2 Å². The van der Waals surface area contributed by atoms with Crippen LogP contribution in [0.2, 0.25) is 0 Å². The molecule has 216 valence electrons. The van der Waals surface area contributed by atoms with Crippen LogP contribution in [0, 0.1) is 0 Å². The number of hydrogen-bond donors (Lipinski definition) is 3. The average Bonchev–Trinajstić information content (AvgIpc) is 3.27. The molecule has 2 aromatic rings. The molecule has 1 aromatic heterocycles. The average molecular weight is 581 g/mol. The number of carbonyl (C=O) groups excluding carboxylic acids is 2. The largest absolute Gasteiger partial charge is 0.447 e. The van der Waals surface area contributed by atoms with Crippen LogP contribution in [0.4, 0.5) is 15.3 Å². The molecule has 1 aliphatic rings. The zero-order chi connectivity index (χ0) is 29.0. The Morgan fingerprint density at radius 3 is 2.31 bits per heavy atom. The molecule has 0 unspecified atom stereocenters. The minimum atomic E-state index is -3.94. The number of thiazole rings is 1. The van der Waals surface area contributed by atoms with Crippen molar-refractivity contribution in [3.05, 3.63) is 29.4 Å². The number of sulfonamides is 1. The maximum Gasteiger partial charge on any atom is 0.411 e. The molecule has 1 heterocycles. The zero-order valence-electron chi connectivity index (χ0n) is 23.7. The Labute approximate surface area is 235 Å². The summed E-state index contributed by atoms with van der Waals surface area (Å²) >= 11 is 1.46. The monoisotopic (exact) mass is 580 g/mol. The van der Waals surface area contributed by atoms with E-state index < -0.39 is 27.7 Å². The molecule has 1 fully saturated rings. The zero-order valence-corrected chi connectivity index (χ0v) is 25.3. The Morgan fingerprint density at radius 1 is 1.05 bits per heavy atom. The number of ether oxygens (including phenoxy) is 2. The van der Waals surface area contributed by atoms with E-state index >= 15 is 0 Å². The van der Waals surface area contributed by atoms with Crippen LogP contribution in [0.15, 0.2) is 29.3 Å². The lowest BCUT2D eigenvalue weighted by Crippen LogP contribution is -2.40. The van der Waals surface area contributed by atoms with Crippen molar-refractivity contribution < 1.29 is 27.5 Å². The summed E-state index contributed by atoms with van der Waals surface area (Å²) in [7, 11) is -3.94. The van der Waals surface area contributed by atoms with Gasteiger partial charge in [-0.1, -0.05) is 6.07 Å². The van der Waals surface area contributed by atoms with Crippen LogP contribution in [0.5, 0.6) is 0 Å². The third kappa shape index (κ3) is 9.18. The molecule has 3 N–H and O–H groups in total. The lowest BCUT2D eigenvalue weighted by Gasteiger charge is -2.27. The molecule has 12 heteroatoms. The molecule has 1 aliphatic carbocycles. The summed E-state index contributed by atoms with van der Waals surface area (Å²) in [5.41, 5.74) is 0.103. The molecular formula is C27H40N4O6S2. The van der Waals surface area contributed by atoms with E-state index in [-0.39, 0.29) is 29.1 Å². The van der Waals surface area contributed by atoms with E-state index in [0.717, 1.165) is 30.7 Å². The van der Waals surface area contributed by atoms with E-state index in [1.165, 1.54) is 17.4 Å². The molecule has 0 atom stereocenters. The minimum absolute atomic E-state index is 0.0218. The molecule has 0 spiro atoms. The maximum atomic E-state index is 13.4. The van der Waals surface area contributed by atoms with Crippen LogP contribution in [0.3, 0.4) is 0 Å². The highest BCUT2D eigenvalue weighted by Crippen LogP contribution is 2.40. The van der Waals surface area contributed by atoms with Gasteiger partial charge in [-0.3, -0.25) is 5.32 Å². The smallest absolute Gasteiger partial charge is 0.411 e. The van der Waals surface area contributed by atoms with E-state index in [2.05, 4.69) is 20.3 Å². The Balaban J connectivity index is 1.82. The fraction of sp³-hybridized carbons (Fsp3) is 0.593. The number of alkyl carbamates (subject to hydrolysis) is 1. The van der Waals surface area contributed by atoms with Gasteiger partial charge in [0.05, 0.1) is 20.9 Å². The quantitative estimate of drug-likeness (QED) is 0.348. The summed E-state index contributed by atoms with van der Waals surface area (Å²) in [6, 6.07) is 4.79. The maximum absolute atomic E-state index is 13.4. The second-order valence-electron chi connectivity index (χ2n) is 11.4. The van der Waals surface area contributed by atoms with E-state index in [1.54, 1.807) is 52.9 Å². The number of amides is 2. The fourth-order valence-electron chi connectivity index (χ4n) is 4.30. The summed E-state index contributed by atoms with van der Waals surface area (Å²) in [6.07, 6.45) is 3.34. The van der Waals surface area contributed by atoms with Crippen LogP contribution in [-0.2, 0) is 19.5 Å². The number of anilines is 1. The number of nitrogens with zero attached hydrogens (tertiary/aromatic N) is 1. The van der Waals surface area contributed by atoms with Crippen molar-refractivity contribution in [3.8, 4) is 10.4 Å². The van der Waals surface area contributed by atoms with Gasteiger partial charge < -0.3 is 14.8 Å². The molecule has 39 heavy (non-hydrogen) atoms. The van der Waals surface area contributed by atoms with Crippen molar-refractivity contribution in [2.24, 2.45) is 0 Å². The Morgan fingerprint density at radius 2 is 1.72 bits per heavy atom. The predicted molar refractivity (Wildman–Crippen MR) is 153 cm³/mol. The third-order valence-corrected chi connectivity index (χ3v) is 8.78. The van der Waals surface area contributed by atoms with E-state index in [1.807, 2.05) is 13.8 Å². The second kappa shape index (κ2) is 12.6. The van der Waals surface area contributed by atoms with Crippen molar-refractivity contribution in [1.29, 1.82) is 0 Å². The highest BCUT2D eigenvalue weighted by Gasteiger charge is 2.29. The summed E-state index contributed by atoms with van der Waals surface area (Å²) in [4.78, 5) is 29.5. The lowest BCUT2D eigenvalue weighted by molar-refractivity contribution is 0.0699. The van der Waals surface area contributed by atoms with Crippen molar-refractivity contribution in [2.45, 2.75) is 109 Å². The number of benzene rings is 1. The van der Waals surface area contributed by atoms with Gasteiger partial charge in [-0.25, -0.2) is 27.7 Å². The van der Waals surface area contributed by atoms with Crippen LogP contribution >= 0.6 is 11.3 Å². The standard InChI is InChI=1S/C27H40N4O6S2/c1-16(2)29-25(32)37-20-11-8-18(9-12-20)24-28-15-22(38-24)21-13-10-19(30-26(33)36-17(3)4)14-23(21)39(34,35)31-27(5,6)7/h10,13-18,20,31H,8-9,11-12H2,1-7H3,(H,29,32)(H,30,33)/t18-,20-. The number of nitrogens with one attached hydrogen (secondary N) is 3. The van der Waals surface area contributed by atoms with Crippen LogP contribution < -0.4 is 15.4 Å². The van der Waals surface area contributed by atoms with Gasteiger partial charge in [-0.15, -0.1) is 11.3 Å².